The van der Waals surface area contributed by atoms with Gasteiger partial charge in [0, 0.05) is 25.1 Å². The third-order valence-corrected chi connectivity index (χ3v) is 5.02. The van der Waals surface area contributed by atoms with Crippen molar-refractivity contribution in [2.45, 2.75) is 38.1 Å². The van der Waals surface area contributed by atoms with Crippen LogP contribution in [0.25, 0.3) is 0 Å². The quantitative estimate of drug-likeness (QED) is 0.940. The molecule has 3 rings (SSSR count). The summed E-state index contributed by atoms with van der Waals surface area (Å²) in [5.41, 5.74) is 1.61. The fraction of sp³-hybridized carbons (Fsp3) is 0.474. The average Bonchev–Trinajstić information content (AvgIpc) is 3.16. The van der Waals surface area contributed by atoms with Crippen molar-refractivity contribution in [1.82, 2.24) is 15.1 Å². The molecular weight excluding hydrogens is 300 g/mol. The van der Waals surface area contributed by atoms with Crippen molar-refractivity contribution in [2.75, 3.05) is 25.0 Å². The Hall–Kier alpha value is -2.14. The SMILES string of the molecule is CC(C)c1ccc(N(C)C(=O)C2(n3cccn3)CCNCC2)cc1. The molecule has 1 saturated heterocycles. The second-order valence-electron chi connectivity index (χ2n) is 6.84. The molecule has 0 atom stereocenters. The fourth-order valence-corrected chi connectivity index (χ4v) is 3.42. The lowest BCUT2D eigenvalue weighted by Crippen LogP contribution is -2.55. The van der Waals surface area contributed by atoms with E-state index in [2.05, 4.69) is 36.4 Å². The Morgan fingerprint density at radius 3 is 2.46 bits per heavy atom. The van der Waals surface area contributed by atoms with E-state index >= 15 is 0 Å². The van der Waals surface area contributed by atoms with Crippen LogP contribution >= 0.6 is 0 Å². The lowest BCUT2D eigenvalue weighted by molar-refractivity contribution is -0.128. The number of nitrogens with one attached hydrogen (secondary N) is 1. The van der Waals surface area contributed by atoms with E-state index in [0.29, 0.717) is 5.92 Å². The number of hydrogen-bond acceptors (Lipinski definition) is 3. The van der Waals surface area contributed by atoms with Crippen molar-refractivity contribution in [3.63, 3.8) is 0 Å². The Morgan fingerprint density at radius 1 is 1.25 bits per heavy atom. The molecule has 1 amide bonds. The van der Waals surface area contributed by atoms with Crippen LogP contribution < -0.4 is 10.2 Å². The number of carbonyl (C=O) groups excluding carboxylic acids is 1. The van der Waals surface area contributed by atoms with Crippen molar-refractivity contribution < 1.29 is 4.79 Å². The second kappa shape index (κ2) is 6.77. The molecule has 1 aromatic heterocycles. The van der Waals surface area contributed by atoms with E-state index in [4.69, 9.17) is 0 Å². The van der Waals surface area contributed by atoms with Gasteiger partial charge in [-0.25, -0.2) is 0 Å². The summed E-state index contributed by atoms with van der Waals surface area (Å²) in [5, 5.41) is 7.73. The Balaban J connectivity index is 1.89. The smallest absolute Gasteiger partial charge is 0.254 e. The van der Waals surface area contributed by atoms with E-state index in [1.165, 1.54) is 5.56 Å². The lowest BCUT2D eigenvalue weighted by Gasteiger charge is -2.39. The van der Waals surface area contributed by atoms with E-state index in [1.807, 2.05) is 36.1 Å². The van der Waals surface area contributed by atoms with E-state index in [9.17, 15) is 4.79 Å². The Kier molecular flexibility index (Phi) is 4.71. The van der Waals surface area contributed by atoms with Crippen molar-refractivity contribution in [1.29, 1.82) is 0 Å². The molecule has 5 heteroatoms. The molecule has 2 aromatic rings. The summed E-state index contributed by atoms with van der Waals surface area (Å²) in [5.74, 6) is 0.588. The molecule has 1 aromatic carbocycles. The number of anilines is 1. The molecule has 128 valence electrons. The largest absolute Gasteiger partial charge is 0.317 e. The van der Waals surface area contributed by atoms with Gasteiger partial charge in [0.15, 0.2) is 0 Å². The minimum Gasteiger partial charge on any atom is -0.317 e. The molecule has 0 aliphatic carbocycles. The van der Waals surface area contributed by atoms with Gasteiger partial charge < -0.3 is 10.2 Å². The number of likely N-dealkylation sites (N-methyl/N-ethyl adjacent to an activating group) is 1. The van der Waals surface area contributed by atoms with Crippen LogP contribution in [0.5, 0.6) is 0 Å². The van der Waals surface area contributed by atoms with Crippen LogP contribution in [0.15, 0.2) is 42.7 Å². The first-order chi connectivity index (χ1) is 11.5. The number of aromatic nitrogens is 2. The first-order valence-electron chi connectivity index (χ1n) is 8.63. The highest BCUT2D eigenvalue weighted by molar-refractivity contribution is 5.98. The van der Waals surface area contributed by atoms with Gasteiger partial charge in [0.1, 0.15) is 5.54 Å². The first-order valence-corrected chi connectivity index (χ1v) is 8.63. The van der Waals surface area contributed by atoms with E-state index < -0.39 is 5.54 Å². The Labute approximate surface area is 143 Å². The molecule has 1 aliphatic heterocycles. The normalized spacial score (nSPS) is 17.0. The van der Waals surface area contributed by atoms with Crippen LogP contribution in [-0.2, 0) is 10.3 Å². The van der Waals surface area contributed by atoms with Crippen LogP contribution in [0.4, 0.5) is 5.69 Å². The predicted octanol–water partition coefficient (Wildman–Crippen LogP) is 2.75. The number of amides is 1. The predicted molar refractivity (Wildman–Crippen MR) is 96.2 cm³/mol. The molecule has 0 bridgehead atoms. The lowest BCUT2D eigenvalue weighted by atomic mass is 9.86. The van der Waals surface area contributed by atoms with Crippen molar-refractivity contribution >= 4 is 11.6 Å². The molecule has 0 spiro atoms. The van der Waals surface area contributed by atoms with Gasteiger partial charge in [-0.05, 0) is 55.6 Å². The van der Waals surface area contributed by atoms with Crippen molar-refractivity contribution in [2.24, 2.45) is 0 Å². The monoisotopic (exact) mass is 326 g/mol. The first kappa shape index (κ1) is 16.7. The van der Waals surface area contributed by atoms with Gasteiger partial charge in [0.2, 0.25) is 0 Å². The summed E-state index contributed by atoms with van der Waals surface area (Å²) in [6, 6.07) is 10.2. The van der Waals surface area contributed by atoms with Gasteiger partial charge >= 0.3 is 0 Å². The third-order valence-electron chi connectivity index (χ3n) is 5.02. The highest BCUT2D eigenvalue weighted by atomic mass is 16.2. The molecule has 1 aliphatic rings. The summed E-state index contributed by atoms with van der Waals surface area (Å²) in [6.07, 6.45) is 5.15. The maximum Gasteiger partial charge on any atom is 0.254 e. The van der Waals surface area contributed by atoms with Gasteiger partial charge in [0.05, 0.1) is 0 Å². The van der Waals surface area contributed by atoms with E-state index in [1.54, 1.807) is 11.1 Å². The number of benzene rings is 1. The molecule has 0 unspecified atom stereocenters. The van der Waals surface area contributed by atoms with Gasteiger partial charge in [-0.15, -0.1) is 0 Å². The van der Waals surface area contributed by atoms with Gasteiger partial charge in [-0.2, -0.15) is 5.10 Å². The number of piperidine rings is 1. The Morgan fingerprint density at radius 2 is 1.92 bits per heavy atom. The zero-order chi connectivity index (χ0) is 17.2. The molecule has 0 radical (unpaired) electrons. The van der Waals surface area contributed by atoms with Gasteiger partial charge in [-0.3, -0.25) is 9.48 Å². The number of rotatable bonds is 4. The summed E-state index contributed by atoms with van der Waals surface area (Å²) in [4.78, 5) is 15.1. The van der Waals surface area contributed by atoms with E-state index in [0.717, 1.165) is 31.6 Å². The van der Waals surface area contributed by atoms with Crippen LogP contribution in [0.1, 0.15) is 38.2 Å². The minimum atomic E-state index is -0.597. The Bertz CT molecular complexity index is 670. The fourth-order valence-electron chi connectivity index (χ4n) is 3.42. The van der Waals surface area contributed by atoms with Crippen LogP contribution in [-0.4, -0.2) is 35.8 Å². The topological polar surface area (TPSA) is 50.2 Å². The summed E-state index contributed by atoms with van der Waals surface area (Å²) >= 11 is 0. The zero-order valence-electron chi connectivity index (χ0n) is 14.7. The molecule has 5 nitrogen and oxygen atoms in total. The molecular formula is C19H26N4O. The van der Waals surface area contributed by atoms with E-state index in [-0.39, 0.29) is 5.91 Å². The van der Waals surface area contributed by atoms with Crippen LogP contribution in [0.3, 0.4) is 0 Å². The molecule has 24 heavy (non-hydrogen) atoms. The minimum absolute atomic E-state index is 0.102. The molecule has 2 heterocycles. The second-order valence-corrected chi connectivity index (χ2v) is 6.84. The number of carbonyl (C=O) groups is 1. The highest BCUT2D eigenvalue weighted by Crippen LogP contribution is 2.31. The number of nitrogens with zero attached hydrogens (tertiary/aromatic N) is 3. The highest BCUT2D eigenvalue weighted by Gasteiger charge is 2.43. The maximum absolute atomic E-state index is 13.4. The molecule has 1 N–H and O–H groups in total. The maximum atomic E-state index is 13.4. The summed E-state index contributed by atoms with van der Waals surface area (Å²) in [6.45, 7) is 5.99. The number of hydrogen-bond donors (Lipinski definition) is 1. The zero-order valence-corrected chi connectivity index (χ0v) is 14.7. The van der Waals surface area contributed by atoms with Crippen LogP contribution in [0.2, 0.25) is 0 Å². The van der Waals surface area contributed by atoms with Crippen molar-refractivity contribution in [3.8, 4) is 0 Å². The summed E-state index contributed by atoms with van der Waals surface area (Å²) in [7, 11) is 1.86. The molecule has 1 fully saturated rings. The average molecular weight is 326 g/mol. The third kappa shape index (κ3) is 2.96. The standard InChI is InChI=1S/C19H26N4O/c1-15(2)16-5-7-17(8-6-16)22(3)18(24)19(9-12-20-13-10-19)23-14-4-11-21-23/h4-8,11,14-15,20H,9-10,12-13H2,1-3H3. The summed E-state index contributed by atoms with van der Waals surface area (Å²) < 4.78 is 1.84. The van der Waals surface area contributed by atoms with Gasteiger partial charge in [-0.1, -0.05) is 26.0 Å². The van der Waals surface area contributed by atoms with Crippen molar-refractivity contribution in [3.05, 3.63) is 48.3 Å². The molecule has 0 saturated carbocycles. The van der Waals surface area contributed by atoms with Crippen LogP contribution in [0, 0.1) is 0 Å². The van der Waals surface area contributed by atoms with Gasteiger partial charge in [0.25, 0.3) is 5.91 Å².